The average molecular weight is 1530 g/mol. The number of halogens is 29. The smallest absolute Gasteiger partial charge is 0.334 e. The van der Waals surface area contributed by atoms with E-state index >= 15 is 0 Å². The topological polar surface area (TPSA) is 425 Å². The fourth-order valence-electron chi connectivity index (χ4n) is 6.65. The molecule has 7 aliphatic carbocycles. The predicted octanol–water partition coefficient (Wildman–Crippen LogP) is 13.5. The molecular formula is C54H101F29N16. The number of rotatable bonds is 2. The minimum atomic E-state index is -2.91. The largest absolute Gasteiger partial charge is 0.403 e. The first kappa shape index (κ1) is 115. The summed E-state index contributed by atoms with van der Waals surface area (Å²) < 4.78 is 329. The second kappa shape index (κ2) is 62.6. The lowest BCUT2D eigenvalue weighted by molar-refractivity contribution is -0.0921. The monoisotopic (exact) mass is 1520 g/mol. The summed E-state index contributed by atoms with van der Waals surface area (Å²) in [5.41, 5.74) is 71.1. The number of hydrogen-bond donors (Lipinski definition) is 16. The second-order valence-electron chi connectivity index (χ2n) is 20.5. The normalized spacial score (nSPS) is 22.6. The summed E-state index contributed by atoms with van der Waals surface area (Å²) >= 11 is 0. The van der Waals surface area contributed by atoms with Crippen LogP contribution in [0.4, 0.5) is 127 Å². The van der Waals surface area contributed by atoms with Crippen molar-refractivity contribution in [2.24, 2.45) is 86.0 Å². The van der Waals surface area contributed by atoms with E-state index in [1.807, 2.05) is 0 Å². The fourth-order valence-corrected chi connectivity index (χ4v) is 6.65. The molecule has 0 bridgehead atoms. The molecule has 99 heavy (non-hydrogen) atoms. The van der Waals surface area contributed by atoms with E-state index in [2.05, 4.69) is 53.3 Å². The van der Waals surface area contributed by atoms with Crippen molar-refractivity contribution in [3.8, 4) is 0 Å². The van der Waals surface area contributed by atoms with Crippen LogP contribution in [-0.4, -0.2) is 111 Å². The standard InChI is InChI=1S/3C6H11F2N.2C5H9F2N.2C4H7F2N.C3H4F3N.C3H6FN.C2F4.C2H2F3N.C2H3F2N.2C2H4FN.2CH5N.H3N/c7-6(8)3-1-5(9)2-4-6;7-6(8)3-1-2-5(9)4-6;7-6(8)4-2-1-3-5(6)9;6-5(7)2-1-4(8)3-5;6-5(7)3-1-2-4(5)8;5-4(6)1-3(7)2-4;5-4(6)2-1-3(4)7;4-2(1-7)3(5)6;1-3(4)2-5;2*3-1(4)2(5)6;3-1-2(4)5;1-2(3)4;3-1-2-4;2*1-2;/h3*5H,1-4,9H2;2*4H,1-3,8H2;2*3H,1-2,7H2;1,7H2;1-2,5H2;;6H2;1H,5H2;1,4H2;1-2H,4H2;2*2H2,1H3;1H3. The van der Waals surface area contributed by atoms with Crippen molar-refractivity contribution in [2.45, 2.75) is 225 Å². The van der Waals surface area contributed by atoms with Crippen molar-refractivity contribution in [2.75, 3.05) is 27.2 Å². The van der Waals surface area contributed by atoms with Crippen LogP contribution in [0, 0.1) is 0 Å². The second-order valence-corrected chi connectivity index (χ2v) is 20.5. The fraction of sp³-hybridized carbons (Fsp3) is 0.741. The van der Waals surface area contributed by atoms with Gasteiger partial charge in [-0.05, 0) is 84.9 Å². The molecule has 5 unspecified atom stereocenters. The SMILES string of the molecule is C=C(F)CN.C=C(N)F.CN.CN.FC(F)=C(F)F.N.NC(F)=C(F)F.NC(F)=CF.NC1CC(F)(F)C1.NC1CCC(F)(F)C1.NC1CCC(F)(F)CC1.NC1CCC1(F)F.NC1CCCC(F)(F)C1.NC1CCCC1(F)F.NC1CCCCC1(F)F.NC=CF.NCC(F)=C(F)F. The van der Waals surface area contributed by atoms with Gasteiger partial charge in [0.15, 0.2) is 11.8 Å². The first-order valence-corrected chi connectivity index (χ1v) is 28.6. The molecule has 0 heterocycles. The molecular weight excluding hydrogens is 1420 g/mol. The van der Waals surface area contributed by atoms with Crippen LogP contribution in [0.5, 0.6) is 0 Å². The number of nitrogens with two attached hydrogens (primary N) is 15. The molecule has 7 fully saturated rings. The van der Waals surface area contributed by atoms with E-state index in [1.165, 1.54) is 14.1 Å². The summed E-state index contributed by atoms with van der Waals surface area (Å²) in [5.74, 6) is -23.5. The van der Waals surface area contributed by atoms with Crippen LogP contribution >= 0.6 is 0 Å². The van der Waals surface area contributed by atoms with Gasteiger partial charge in [0, 0.05) is 108 Å². The highest BCUT2D eigenvalue weighted by Gasteiger charge is 2.46. The Balaban J connectivity index is -0.000000108. The Morgan fingerprint density at radius 1 is 0.384 bits per heavy atom. The Bertz CT molecular complexity index is 2060. The van der Waals surface area contributed by atoms with E-state index < -0.39 is 120 Å². The van der Waals surface area contributed by atoms with Gasteiger partial charge in [0.05, 0.1) is 24.7 Å². The molecule has 0 radical (unpaired) electrons. The highest BCUT2D eigenvalue weighted by molar-refractivity contribution is 4.93. The van der Waals surface area contributed by atoms with Crippen LogP contribution in [-0.2, 0) is 0 Å². The van der Waals surface area contributed by atoms with Gasteiger partial charge in [-0.25, -0.2) is 79.0 Å². The summed E-state index contributed by atoms with van der Waals surface area (Å²) in [4.78, 5) is 0. The minimum absolute atomic E-state index is 0. The lowest BCUT2D eigenvalue weighted by atomic mass is 9.89. The van der Waals surface area contributed by atoms with Crippen molar-refractivity contribution in [1.29, 1.82) is 0 Å². The molecule has 0 saturated heterocycles. The van der Waals surface area contributed by atoms with E-state index in [0.29, 0.717) is 57.8 Å². The Morgan fingerprint density at radius 3 is 0.778 bits per heavy atom. The van der Waals surface area contributed by atoms with Gasteiger partial charge in [0.1, 0.15) is 18.5 Å². The summed E-state index contributed by atoms with van der Waals surface area (Å²) in [6.07, 6.45) is -4.09. The third-order valence-corrected chi connectivity index (χ3v) is 11.8. The van der Waals surface area contributed by atoms with Crippen molar-refractivity contribution < 1.29 is 127 Å². The zero-order valence-corrected chi connectivity index (χ0v) is 54.5. The Labute approximate surface area is 556 Å². The van der Waals surface area contributed by atoms with Gasteiger partial charge < -0.3 is 92.2 Å². The molecule has 0 spiro atoms. The quantitative estimate of drug-likeness (QED) is 0.0902. The highest BCUT2D eigenvalue weighted by Crippen LogP contribution is 2.38. The van der Waals surface area contributed by atoms with E-state index in [9.17, 15) is 127 Å². The van der Waals surface area contributed by atoms with E-state index in [4.69, 9.17) is 45.9 Å². The molecule has 7 saturated carbocycles. The van der Waals surface area contributed by atoms with Crippen LogP contribution in [0.1, 0.15) is 141 Å². The van der Waals surface area contributed by atoms with Crippen LogP contribution in [0.25, 0.3) is 0 Å². The Hall–Kier alpha value is -5.13. The van der Waals surface area contributed by atoms with E-state index in [0.717, 1.165) is 19.0 Å². The first-order chi connectivity index (χ1) is 44.4. The lowest BCUT2D eigenvalue weighted by Gasteiger charge is -2.32. The number of alkyl halides is 14. The Morgan fingerprint density at radius 2 is 0.667 bits per heavy atom. The zero-order chi connectivity index (χ0) is 79.8. The molecule has 16 nitrogen and oxygen atoms in total. The molecule has 0 aromatic carbocycles. The third kappa shape index (κ3) is 80.1. The van der Waals surface area contributed by atoms with Crippen molar-refractivity contribution in [3.05, 3.63) is 85.8 Å². The minimum Gasteiger partial charge on any atom is -0.403 e. The molecule has 0 aromatic heterocycles. The van der Waals surface area contributed by atoms with Crippen LogP contribution in [0.3, 0.4) is 0 Å². The summed E-state index contributed by atoms with van der Waals surface area (Å²) in [6.45, 7) is 4.77. The Kier molecular flexibility index (Phi) is 72.8. The first-order valence-electron chi connectivity index (χ1n) is 28.6. The maximum absolute atomic E-state index is 12.5. The molecule has 0 amide bonds. The van der Waals surface area contributed by atoms with Crippen LogP contribution in [0.2, 0.25) is 0 Å². The average Bonchev–Trinajstić information content (AvgIpc) is 1.78. The highest BCUT2D eigenvalue weighted by atomic mass is 19.3. The van der Waals surface area contributed by atoms with Gasteiger partial charge in [-0.3, -0.25) is 0 Å². The zero-order valence-electron chi connectivity index (χ0n) is 54.5. The molecule has 7 aliphatic rings. The van der Waals surface area contributed by atoms with Gasteiger partial charge in [-0.1, -0.05) is 13.0 Å². The van der Waals surface area contributed by atoms with Crippen molar-refractivity contribution in [3.63, 3.8) is 0 Å². The molecule has 600 valence electrons. The molecule has 5 atom stereocenters. The molecule has 0 aliphatic heterocycles. The van der Waals surface area contributed by atoms with Gasteiger partial charge >= 0.3 is 24.3 Å². The molecule has 45 heteroatoms. The maximum atomic E-state index is 12.5. The number of hydrogen-bond acceptors (Lipinski definition) is 16. The predicted molar refractivity (Wildman–Crippen MR) is 325 cm³/mol. The molecule has 33 N–H and O–H groups in total. The third-order valence-electron chi connectivity index (χ3n) is 11.8. The molecule has 7 rings (SSSR count). The summed E-state index contributed by atoms with van der Waals surface area (Å²) in [5, 5.41) is 0. The lowest BCUT2D eigenvalue weighted by Crippen LogP contribution is -2.49. The maximum Gasteiger partial charge on any atom is 0.334 e. The van der Waals surface area contributed by atoms with E-state index in [1.54, 1.807) is 0 Å². The van der Waals surface area contributed by atoms with Gasteiger partial charge in [0.25, 0.3) is 23.7 Å². The van der Waals surface area contributed by atoms with Gasteiger partial charge in [0.2, 0.25) is 29.7 Å². The molecule has 0 aromatic rings. The van der Waals surface area contributed by atoms with Gasteiger partial charge in [-0.2, -0.15) is 48.3 Å². The van der Waals surface area contributed by atoms with Crippen molar-refractivity contribution in [1.82, 2.24) is 6.15 Å². The van der Waals surface area contributed by atoms with E-state index in [-0.39, 0.29) is 120 Å². The van der Waals surface area contributed by atoms with Gasteiger partial charge in [-0.15, -0.1) is 0 Å². The van der Waals surface area contributed by atoms with Crippen molar-refractivity contribution >= 4 is 0 Å². The summed E-state index contributed by atoms with van der Waals surface area (Å²) in [7, 11) is 3.00. The summed E-state index contributed by atoms with van der Waals surface area (Å²) in [6, 6.07) is -3.36. The van der Waals surface area contributed by atoms with Crippen LogP contribution in [0.15, 0.2) is 85.8 Å². The van der Waals surface area contributed by atoms with Crippen LogP contribution < -0.4 is 92.2 Å².